The molecule has 7 heteroatoms. The third-order valence-electron chi connectivity index (χ3n) is 3.42. The average Bonchev–Trinajstić information content (AvgIpc) is 3.15. The topological polar surface area (TPSA) is 63.4 Å². The number of thiophene rings is 1. The average molecular weight is 387 g/mol. The molecule has 1 aromatic heterocycles. The summed E-state index contributed by atoms with van der Waals surface area (Å²) in [7, 11) is -3.50. The number of nitrogens with two attached hydrogens (primary N) is 1. The summed E-state index contributed by atoms with van der Waals surface area (Å²) in [6.07, 6.45) is 1.86. The normalized spacial score (nSPS) is 15.5. The number of nitrogens with zero attached hydrogens (tertiary/aromatic N) is 1. The van der Waals surface area contributed by atoms with Crippen molar-refractivity contribution in [3.05, 3.63) is 45.1 Å². The van der Waals surface area contributed by atoms with Crippen molar-refractivity contribution in [1.29, 1.82) is 0 Å². The lowest BCUT2D eigenvalue weighted by Gasteiger charge is -2.21. The van der Waals surface area contributed by atoms with Crippen LogP contribution in [0.15, 0.2) is 45.1 Å². The summed E-state index contributed by atoms with van der Waals surface area (Å²) in [6.45, 7) is 0.437. The quantitative estimate of drug-likeness (QED) is 0.800. The summed E-state index contributed by atoms with van der Waals surface area (Å²) in [5.74, 6) is 0. The fraction of sp³-hybridized carbons (Fsp3) is 0.286. The second-order valence-corrected chi connectivity index (χ2v) is 8.82. The number of hydrogen-bond acceptors (Lipinski definition) is 4. The summed E-state index contributed by atoms with van der Waals surface area (Å²) in [5, 5.41) is 1.97. The second kappa shape index (κ2) is 5.72. The second-order valence-electron chi connectivity index (χ2n) is 5.04. The molecule has 2 N–H and O–H groups in total. The Kier molecular flexibility index (Phi) is 4.09. The van der Waals surface area contributed by atoms with Gasteiger partial charge in [-0.2, -0.15) is 4.31 Å². The van der Waals surface area contributed by atoms with Crippen LogP contribution < -0.4 is 5.73 Å². The van der Waals surface area contributed by atoms with Crippen LogP contribution >= 0.6 is 27.3 Å². The third-order valence-corrected chi connectivity index (χ3v) is 6.87. The lowest BCUT2D eigenvalue weighted by Crippen LogP contribution is -2.32. The van der Waals surface area contributed by atoms with Gasteiger partial charge in [0, 0.05) is 27.6 Å². The van der Waals surface area contributed by atoms with E-state index in [4.69, 9.17) is 5.73 Å². The molecule has 0 saturated heterocycles. The summed E-state index contributed by atoms with van der Waals surface area (Å²) < 4.78 is 28.0. The Hall–Kier alpha value is -0.890. The molecule has 1 aliphatic rings. The predicted octanol–water partition coefficient (Wildman–Crippen LogP) is 3.45. The van der Waals surface area contributed by atoms with Gasteiger partial charge >= 0.3 is 0 Å². The van der Waals surface area contributed by atoms with Crippen molar-refractivity contribution < 1.29 is 8.42 Å². The first-order valence-electron chi connectivity index (χ1n) is 6.58. The number of hydrogen-bond donors (Lipinski definition) is 1. The molecule has 1 heterocycles. The number of sulfonamides is 1. The van der Waals surface area contributed by atoms with E-state index in [1.165, 1.54) is 0 Å². The molecular weight excluding hydrogens is 372 g/mol. The number of anilines is 1. The zero-order valence-corrected chi connectivity index (χ0v) is 14.4. The first kappa shape index (κ1) is 15.0. The molecule has 3 rings (SSSR count). The van der Waals surface area contributed by atoms with Gasteiger partial charge in [0.05, 0.1) is 4.90 Å². The molecule has 0 atom stereocenters. The molecule has 0 unspecified atom stereocenters. The number of benzene rings is 1. The standard InChI is InChI=1S/C14H15BrN2O2S2/c15-13-8-12(5-6-14(13)16)21(18,19)17(10-3-4-10)9-11-2-1-7-20-11/h1-2,5-8,10H,3-4,9,16H2. The van der Waals surface area contributed by atoms with Crippen LogP contribution in [0, 0.1) is 0 Å². The van der Waals surface area contributed by atoms with E-state index in [9.17, 15) is 8.42 Å². The van der Waals surface area contributed by atoms with Crippen LogP contribution in [0.4, 0.5) is 5.69 Å². The lowest BCUT2D eigenvalue weighted by atomic mass is 10.3. The van der Waals surface area contributed by atoms with Crippen LogP contribution in [0.1, 0.15) is 17.7 Å². The maximum absolute atomic E-state index is 12.9. The van der Waals surface area contributed by atoms with Gasteiger partial charge in [-0.25, -0.2) is 8.42 Å². The molecule has 0 aliphatic heterocycles. The molecule has 1 fully saturated rings. The van der Waals surface area contributed by atoms with Gasteiger partial charge in [-0.15, -0.1) is 11.3 Å². The van der Waals surface area contributed by atoms with E-state index in [1.54, 1.807) is 33.8 Å². The molecule has 0 amide bonds. The molecule has 4 nitrogen and oxygen atoms in total. The fourth-order valence-electron chi connectivity index (χ4n) is 2.13. The summed E-state index contributed by atoms with van der Waals surface area (Å²) >= 11 is 4.87. The van der Waals surface area contributed by atoms with Crippen LogP contribution in [-0.2, 0) is 16.6 Å². The van der Waals surface area contributed by atoms with E-state index in [0.717, 1.165) is 17.7 Å². The van der Waals surface area contributed by atoms with Crippen LogP contribution in [-0.4, -0.2) is 18.8 Å². The van der Waals surface area contributed by atoms with Crippen LogP contribution in [0.3, 0.4) is 0 Å². The minimum atomic E-state index is -3.50. The zero-order chi connectivity index (χ0) is 15.0. The maximum Gasteiger partial charge on any atom is 0.243 e. The molecule has 1 aliphatic carbocycles. The first-order chi connectivity index (χ1) is 9.98. The molecule has 0 radical (unpaired) electrons. The van der Waals surface area contributed by atoms with Gasteiger partial charge in [0.25, 0.3) is 0 Å². The fourth-order valence-corrected chi connectivity index (χ4v) is 5.14. The summed E-state index contributed by atoms with van der Waals surface area (Å²) in [6, 6.07) is 8.79. The van der Waals surface area contributed by atoms with E-state index >= 15 is 0 Å². The summed E-state index contributed by atoms with van der Waals surface area (Å²) in [4.78, 5) is 1.34. The minimum absolute atomic E-state index is 0.119. The van der Waals surface area contributed by atoms with E-state index in [0.29, 0.717) is 16.7 Å². The largest absolute Gasteiger partial charge is 0.398 e. The van der Waals surface area contributed by atoms with Gasteiger partial charge in [0.15, 0.2) is 0 Å². The van der Waals surface area contributed by atoms with Crippen molar-refractivity contribution in [2.24, 2.45) is 0 Å². The van der Waals surface area contributed by atoms with Crippen LogP contribution in [0.2, 0.25) is 0 Å². The van der Waals surface area contributed by atoms with E-state index in [1.807, 2.05) is 17.5 Å². The molecule has 1 aromatic carbocycles. The molecular formula is C14H15BrN2O2S2. The highest BCUT2D eigenvalue weighted by Gasteiger charge is 2.38. The Morgan fingerprint density at radius 3 is 2.67 bits per heavy atom. The van der Waals surface area contributed by atoms with Gasteiger partial charge in [-0.3, -0.25) is 0 Å². The highest BCUT2D eigenvalue weighted by atomic mass is 79.9. The van der Waals surface area contributed by atoms with Crippen LogP contribution in [0.25, 0.3) is 0 Å². The molecule has 1 saturated carbocycles. The summed E-state index contributed by atoms with van der Waals surface area (Å²) in [5.41, 5.74) is 6.27. The third kappa shape index (κ3) is 3.15. The van der Waals surface area contributed by atoms with E-state index in [-0.39, 0.29) is 10.9 Å². The monoisotopic (exact) mass is 386 g/mol. The lowest BCUT2D eigenvalue weighted by molar-refractivity contribution is 0.401. The van der Waals surface area contributed by atoms with Gasteiger partial charge < -0.3 is 5.73 Å². The predicted molar refractivity (Wildman–Crippen MR) is 88.6 cm³/mol. The van der Waals surface area contributed by atoms with Gasteiger partial charge in [-0.05, 0) is 58.4 Å². The molecule has 0 spiro atoms. The molecule has 2 aromatic rings. The Bertz CT molecular complexity index is 740. The number of halogens is 1. The zero-order valence-electron chi connectivity index (χ0n) is 11.2. The number of nitrogen functional groups attached to an aromatic ring is 1. The highest BCUT2D eigenvalue weighted by Crippen LogP contribution is 2.35. The highest BCUT2D eigenvalue weighted by molar-refractivity contribution is 9.10. The smallest absolute Gasteiger partial charge is 0.243 e. The Morgan fingerprint density at radius 1 is 1.33 bits per heavy atom. The van der Waals surface area contributed by atoms with Crippen molar-refractivity contribution in [3.8, 4) is 0 Å². The van der Waals surface area contributed by atoms with Crippen LogP contribution in [0.5, 0.6) is 0 Å². The van der Waals surface area contributed by atoms with E-state index < -0.39 is 10.0 Å². The number of rotatable bonds is 5. The van der Waals surface area contributed by atoms with Gasteiger partial charge in [0.2, 0.25) is 10.0 Å². The van der Waals surface area contributed by atoms with Crippen molar-refractivity contribution in [1.82, 2.24) is 4.31 Å². The SMILES string of the molecule is Nc1ccc(S(=O)(=O)N(Cc2cccs2)C2CC2)cc1Br. The maximum atomic E-state index is 12.9. The van der Waals surface area contributed by atoms with E-state index in [2.05, 4.69) is 15.9 Å². The van der Waals surface area contributed by atoms with Crippen molar-refractivity contribution in [3.63, 3.8) is 0 Å². The van der Waals surface area contributed by atoms with Crippen molar-refractivity contribution in [2.45, 2.75) is 30.3 Å². The Morgan fingerprint density at radius 2 is 2.10 bits per heavy atom. The van der Waals surface area contributed by atoms with Gasteiger partial charge in [0.1, 0.15) is 0 Å². The Balaban J connectivity index is 1.95. The van der Waals surface area contributed by atoms with Gasteiger partial charge in [-0.1, -0.05) is 6.07 Å². The first-order valence-corrected chi connectivity index (χ1v) is 9.69. The van der Waals surface area contributed by atoms with Crippen molar-refractivity contribution in [2.75, 3.05) is 5.73 Å². The minimum Gasteiger partial charge on any atom is -0.398 e. The van der Waals surface area contributed by atoms with Crippen molar-refractivity contribution >= 4 is 43.0 Å². The molecule has 112 valence electrons. The molecule has 0 bridgehead atoms. The molecule has 21 heavy (non-hydrogen) atoms. The Labute approximate surface area is 136 Å².